The van der Waals surface area contributed by atoms with Crippen molar-refractivity contribution in [3.05, 3.63) is 35.6 Å². The van der Waals surface area contributed by atoms with Gasteiger partial charge in [0.2, 0.25) is 5.91 Å². The maximum Gasteiger partial charge on any atom is 0.410 e. The number of rotatable bonds is 3. The average Bonchev–Trinajstić information content (AvgIpc) is 2.73. The van der Waals surface area contributed by atoms with Gasteiger partial charge in [0, 0.05) is 25.7 Å². The first kappa shape index (κ1) is 23.0. The number of carbonyl (C=O) groups excluding carboxylic acids is 3. The van der Waals surface area contributed by atoms with Crippen molar-refractivity contribution < 1.29 is 23.5 Å². The van der Waals surface area contributed by atoms with Crippen molar-refractivity contribution in [2.24, 2.45) is 0 Å². The van der Waals surface area contributed by atoms with Crippen LogP contribution in [0.3, 0.4) is 0 Å². The molecule has 2 fully saturated rings. The first-order chi connectivity index (χ1) is 14.7. The molecule has 0 radical (unpaired) electrons. The fraction of sp³-hybridized carbons (Fsp3) is 0.609. The summed E-state index contributed by atoms with van der Waals surface area (Å²) in [6.07, 6.45) is 3.05. The number of hydrogen-bond donors (Lipinski definition) is 1. The highest BCUT2D eigenvalue weighted by molar-refractivity contribution is 5.94. The Balaban J connectivity index is 1.54. The zero-order chi connectivity index (χ0) is 22.6. The zero-order valence-electron chi connectivity index (χ0n) is 18.5. The molecule has 3 rings (SSSR count). The standard InChI is InChI=1S/C23H32FN3O4/c1-23(2,3)31-22(30)27-13-7-6-10-19(27)20(28)25-16-11-14-26(15-12-16)21(29)17-8-4-5-9-18(17)24/h4-5,8-9,16,19H,6-7,10-15H2,1-3H3,(H,25,28). The lowest BCUT2D eigenvalue weighted by Gasteiger charge is -2.37. The van der Waals surface area contributed by atoms with Crippen LogP contribution in [0.4, 0.5) is 9.18 Å². The summed E-state index contributed by atoms with van der Waals surface area (Å²) in [6, 6.07) is 5.34. The van der Waals surface area contributed by atoms with E-state index in [0.29, 0.717) is 38.9 Å². The predicted octanol–water partition coefficient (Wildman–Crippen LogP) is 3.34. The molecule has 1 unspecified atom stereocenters. The van der Waals surface area contributed by atoms with Crippen molar-refractivity contribution in [3.63, 3.8) is 0 Å². The van der Waals surface area contributed by atoms with Gasteiger partial charge in [0.25, 0.3) is 5.91 Å². The molecule has 7 nitrogen and oxygen atoms in total. The SMILES string of the molecule is CC(C)(C)OC(=O)N1CCCCC1C(=O)NC1CCN(C(=O)c2ccccc2F)CC1. The highest BCUT2D eigenvalue weighted by atomic mass is 19.1. The summed E-state index contributed by atoms with van der Waals surface area (Å²) in [5, 5.41) is 3.05. The molecule has 2 aliphatic rings. The molecule has 0 aliphatic carbocycles. The number of nitrogens with one attached hydrogen (secondary N) is 1. The normalized spacial score (nSPS) is 20.3. The molecule has 31 heavy (non-hydrogen) atoms. The number of likely N-dealkylation sites (tertiary alicyclic amines) is 2. The summed E-state index contributed by atoms with van der Waals surface area (Å²) in [6.45, 7) is 6.81. The summed E-state index contributed by atoms with van der Waals surface area (Å²) in [4.78, 5) is 41.2. The van der Waals surface area contributed by atoms with Gasteiger partial charge in [0.15, 0.2) is 0 Å². The van der Waals surface area contributed by atoms with Crippen molar-refractivity contribution in [2.45, 2.75) is 70.6 Å². The highest BCUT2D eigenvalue weighted by Crippen LogP contribution is 2.22. The number of halogens is 1. The van der Waals surface area contributed by atoms with Crippen molar-refractivity contribution in [2.75, 3.05) is 19.6 Å². The van der Waals surface area contributed by atoms with Crippen LogP contribution < -0.4 is 5.32 Å². The fourth-order valence-electron chi connectivity index (χ4n) is 4.07. The fourth-order valence-corrected chi connectivity index (χ4v) is 4.07. The van der Waals surface area contributed by atoms with Gasteiger partial charge in [-0.15, -0.1) is 0 Å². The number of carbonyl (C=O) groups is 3. The molecule has 0 saturated carbocycles. The lowest BCUT2D eigenvalue weighted by Crippen LogP contribution is -2.56. The number of ether oxygens (including phenoxy) is 1. The third-order valence-electron chi connectivity index (χ3n) is 5.67. The molecule has 2 heterocycles. The Labute approximate surface area is 182 Å². The van der Waals surface area contributed by atoms with Gasteiger partial charge in [-0.25, -0.2) is 9.18 Å². The maximum absolute atomic E-state index is 13.9. The average molecular weight is 434 g/mol. The minimum Gasteiger partial charge on any atom is -0.444 e. The number of nitrogens with zero attached hydrogens (tertiary/aromatic N) is 2. The summed E-state index contributed by atoms with van der Waals surface area (Å²) < 4.78 is 19.4. The van der Waals surface area contributed by atoms with E-state index >= 15 is 0 Å². The Kier molecular flexibility index (Phi) is 7.18. The van der Waals surface area contributed by atoms with Crippen LogP contribution >= 0.6 is 0 Å². The number of hydrogen-bond acceptors (Lipinski definition) is 4. The quantitative estimate of drug-likeness (QED) is 0.793. The van der Waals surface area contributed by atoms with E-state index in [2.05, 4.69) is 5.32 Å². The van der Waals surface area contributed by atoms with Crippen LogP contribution in [0.1, 0.15) is 63.2 Å². The van der Waals surface area contributed by atoms with E-state index in [1.807, 2.05) is 0 Å². The van der Waals surface area contributed by atoms with Crippen LogP contribution in [0.15, 0.2) is 24.3 Å². The smallest absolute Gasteiger partial charge is 0.410 e. The van der Waals surface area contributed by atoms with Crippen LogP contribution in [-0.2, 0) is 9.53 Å². The molecule has 1 atom stereocenters. The first-order valence-corrected chi connectivity index (χ1v) is 11.0. The van der Waals surface area contributed by atoms with Crippen molar-refractivity contribution in [3.8, 4) is 0 Å². The van der Waals surface area contributed by atoms with E-state index in [1.54, 1.807) is 37.8 Å². The lowest BCUT2D eigenvalue weighted by atomic mass is 9.99. The second-order valence-electron chi connectivity index (χ2n) is 9.24. The highest BCUT2D eigenvalue weighted by Gasteiger charge is 2.36. The van der Waals surface area contributed by atoms with E-state index in [1.165, 1.54) is 17.0 Å². The Bertz CT molecular complexity index is 815. The van der Waals surface area contributed by atoms with Crippen molar-refractivity contribution >= 4 is 17.9 Å². The van der Waals surface area contributed by atoms with Gasteiger partial charge in [-0.3, -0.25) is 14.5 Å². The van der Waals surface area contributed by atoms with Gasteiger partial charge in [-0.2, -0.15) is 0 Å². The molecule has 0 aromatic heterocycles. The van der Waals surface area contributed by atoms with E-state index in [4.69, 9.17) is 4.74 Å². The second-order valence-corrected chi connectivity index (χ2v) is 9.24. The lowest BCUT2D eigenvalue weighted by molar-refractivity contribution is -0.128. The van der Waals surface area contributed by atoms with Gasteiger partial charge in [-0.05, 0) is 65.0 Å². The molecule has 1 aromatic rings. The van der Waals surface area contributed by atoms with Gasteiger partial charge in [0.1, 0.15) is 17.5 Å². The topological polar surface area (TPSA) is 79.0 Å². The molecule has 170 valence electrons. The van der Waals surface area contributed by atoms with Crippen LogP contribution in [-0.4, -0.2) is 65.0 Å². The first-order valence-electron chi connectivity index (χ1n) is 11.0. The molecule has 3 amide bonds. The van der Waals surface area contributed by atoms with Crippen LogP contribution in [0.2, 0.25) is 0 Å². The Morgan fingerprint density at radius 2 is 1.71 bits per heavy atom. The third-order valence-corrected chi connectivity index (χ3v) is 5.67. The van der Waals surface area contributed by atoms with E-state index in [0.717, 1.165) is 12.8 Å². The largest absolute Gasteiger partial charge is 0.444 e. The second kappa shape index (κ2) is 9.66. The van der Waals surface area contributed by atoms with Crippen molar-refractivity contribution in [1.29, 1.82) is 0 Å². The van der Waals surface area contributed by atoms with Crippen LogP contribution in [0, 0.1) is 5.82 Å². The monoisotopic (exact) mass is 433 g/mol. The molecule has 1 aromatic carbocycles. The molecular formula is C23H32FN3O4. The number of piperidine rings is 2. The molecule has 0 spiro atoms. The van der Waals surface area contributed by atoms with E-state index < -0.39 is 23.6 Å². The van der Waals surface area contributed by atoms with Gasteiger partial charge in [0.05, 0.1) is 5.56 Å². The van der Waals surface area contributed by atoms with E-state index in [9.17, 15) is 18.8 Å². The Morgan fingerprint density at radius 3 is 2.35 bits per heavy atom. The molecule has 0 bridgehead atoms. The van der Waals surface area contributed by atoms with Crippen LogP contribution in [0.25, 0.3) is 0 Å². The number of benzene rings is 1. The Morgan fingerprint density at radius 1 is 1.03 bits per heavy atom. The summed E-state index contributed by atoms with van der Waals surface area (Å²) in [7, 11) is 0. The van der Waals surface area contributed by atoms with Crippen molar-refractivity contribution in [1.82, 2.24) is 15.1 Å². The molecule has 8 heteroatoms. The van der Waals surface area contributed by atoms with Gasteiger partial charge in [-0.1, -0.05) is 12.1 Å². The molecule has 2 aliphatic heterocycles. The minimum atomic E-state index is -0.618. The van der Waals surface area contributed by atoms with E-state index in [-0.39, 0.29) is 23.4 Å². The minimum absolute atomic E-state index is 0.0696. The summed E-state index contributed by atoms with van der Waals surface area (Å²) >= 11 is 0. The maximum atomic E-state index is 13.9. The molecule has 2 saturated heterocycles. The summed E-state index contributed by atoms with van der Waals surface area (Å²) in [5.41, 5.74) is -0.548. The van der Waals surface area contributed by atoms with Gasteiger partial charge < -0.3 is 15.0 Å². The predicted molar refractivity (Wildman–Crippen MR) is 114 cm³/mol. The van der Waals surface area contributed by atoms with Crippen LogP contribution in [0.5, 0.6) is 0 Å². The summed E-state index contributed by atoms with van der Waals surface area (Å²) in [5.74, 6) is -1.03. The molecular weight excluding hydrogens is 401 g/mol. The zero-order valence-corrected chi connectivity index (χ0v) is 18.5. The molecule has 1 N–H and O–H groups in total. The third kappa shape index (κ3) is 5.95. The number of amides is 3. The van der Waals surface area contributed by atoms with Gasteiger partial charge >= 0.3 is 6.09 Å². The Hall–Kier alpha value is -2.64.